The van der Waals surface area contributed by atoms with E-state index >= 15 is 0 Å². The summed E-state index contributed by atoms with van der Waals surface area (Å²) in [5.41, 5.74) is 3.78. The first-order chi connectivity index (χ1) is 9.58. The number of nitrogens with zero attached hydrogens (tertiary/aromatic N) is 2. The Morgan fingerprint density at radius 3 is 2.60 bits per heavy atom. The molecule has 0 aliphatic carbocycles. The van der Waals surface area contributed by atoms with Crippen LogP contribution >= 0.6 is 0 Å². The van der Waals surface area contributed by atoms with Crippen molar-refractivity contribution in [2.45, 2.75) is 26.8 Å². The van der Waals surface area contributed by atoms with Crippen LogP contribution in [-0.4, -0.2) is 14.8 Å². The van der Waals surface area contributed by atoms with Gasteiger partial charge in [0.05, 0.1) is 11.7 Å². The zero-order valence-corrected chi connectivity index (χ0v) is 11.8. The summed E-state index contributed by atoms with van der Waals surface area (Å²) >= 11 is 0. The molecular formula is C16H17N3O. The molecule has 0 spiro atoms. The quantitative estimate of drug-likeness (QED) is 0.776. The van der Waals surface area contributed by atoms with Gasteiger partial charge in [0.25, 0.3) is 0 Å². The molecule has 1 atom stereocenters. The monoisotopic (exact) mass is 267 g/mol. The Morgan fingerprint density at radius 2 is 1.90 bits per heavy atom. The maximum absolute atomic E-state index is 11.7. The summed E-state index contributed by atoms with van der Waals surface area (Å²) in [6.07, 6.45) is 0. The lowest BCUT2D eigenvalue weighted by Gasteiger charge is -2.13. The molecule has 0 fully saturated rings. The first kappa shape index (κ1) is 12.7. The second-order valence-electron chi connectivity index (χ2n) is 5.16. The Hall–Kier alpha value is -2.36. The number of benzene rings is 1. The lowest BCUT2D eigenvalue weighted by Crippen LogP contribution is -2.12. The van der Waals surface area contributed by atoms with E-state index in [1.165, 1.54) is 5.56 Å². The van der Waals surface area contributed by atoms with Crippen LogP contribution in [0.1, 0.15) is 29.8 Å². The Kier molecular flexibility index (Phi) is 2.93. The minimum absolute atomic E-state index is 0.0739. The van der Waals surface area contributed by atoms with Crippen LogP contribution < -0.4 is 5.56 Å². The molecule has 2 aromatic heterocycles. The van der Waals surface area contributed by atoms with Crippen molar-refractivity contribution in [3.63, 3.8) is 0 Å². The second kappa shape index (κ2) is 4.63. The smallest absolute Gasteiger partial charge is 0.249 e. The average molecular weight is 267 g/mol. The molecule has 0 aliphatic heterocycles. The molecule has 0 aliphatic rings. The summed E-state index contributed by atoms with van der Waals surface area (Å²) < 4.78 is 1.90. The summed E-state index contributed by atoms with van der Waals surface area (Å²) in [5, 5.41) is 5.65. The summed E-state index contributed by atoms with van der Waals surface area (Å²) in [4.78, 5) is 14.6. The van der Waals surface area contributed by atoms with E-state index < -0.39 is 0 Å². The molecule has 0 saturated heterocycles. The molecule has 4 nitrogen and oxygen atoms in total. The number of aromatic nitrogens is 3. The zero-order valence-electron chi connectivity index (χ0n) is 11.8. The Balaban J connectivity index is 2.25. The van der Waals surface area contributed by atoms with Gasteiger partial charge in [-0.15, -0.1) is 0 Å². The van der Waals surface area contributed by atoms with Gasteiger partial charge < -0.3 is 4.98 Å². The Labute approximate surface area is 117 Å². The van der Waals surface area contributed by atoms with Crippen LogP contribution in [0.2, 0.25) is 0 Å². The van der Waals surface area contributed by atoms with Crippen molar-refractivity contribution in [2.24, 2.45) is 0 Å². The molecule has 0 saturated carbocycles. The van der Waals surface area contributed by atoms with Crippen molar-refractivity contribution >= 4 is 11.0 Å². The molecule has 1 N–H and O–H groups in total. The van der Waals surface area contributed by atoms with E-state index in [-0.39, 0.29) is 11.6 Å². The third-order valence-corrected chi connectivity index (χ3v) is 3.72. The molecule has 0 radical (unpaired) electrons. The minimum atomic E-state index is -0.0867. The van der Waals surface area contributed by atoms with E-state index in [2.05, 4.69) is 29.1 Å². The van der Waals surface area contributed by atoms with Gasteiger partial charge in [-0.3, -0.25) is 4.79 Å². The summed E-state index contributed by atoms with van der Waals surface area (Å²) in [5.74, 6) is 0. The highest BCUT2D eigenvalue weighted by molar-refractivity contribution is 5.81. The molecule has 2 heterocycles. The minimum Gasteiger partial charge on any atom is -0.307 e. The molecule has 0 bridgehead atoms. The van der Waals surface area contributed by atoms with Gasteiger partial charge >= 0.3 is 0 Å². The topological polar surface area (TPSA) is 50.7 Å². The molecule has 102 valence electrons. The van der Waals surface area contributed by atoms with Crippen molar-refractivity contribution in [2.75, 3.05) is 0 Å². The molecule has 1 unspecified atom stereocenters. The highest BCUT2D eigenvalue weighted by atomic mass is 16.1. The van der Waals surface area contributed by atoms with Gasteiger partial charge in [0.15, 0.2) is 0 Å². The van der Waals surface area contributed by atoms with Crippen molar-refractivity contribution in [3.8, 4) is 0 Å². The van der Waals surface area contributed by atoms with E-state index in [0.29, 0.717) is 0 Å². The highest BCUT2D eigenvalue weighted by Crippen LogP contribution is 2.25. The van der Waals surface area contributed by atoms with Gasteiger partial charge in [-0.2, -0.15) is 5.10 Å². The van der Waals surface area contributed by atoms with Crippen molar-refractivity contribution in [3.05, 3.63) is 63.6 Å². The van der Waals surface area contributed by atoms with Crippen molar-refractivity contribution < 1.29 is 0 Å². The number of aromatic amines is 1. The second-order valence-corrected chi connectivity index (χ2v) is 5.16. The van der Waals surface area contributed by atoms with Gasteiger partial charge in [0, 0.05) is 11.5 Å². The van der Waals surface area contributed by atoms with E-state index in [0.717, 1.165) is 22.3 Å². The van der Waals surface area contributed by atoms with Crippen molar-refractivity contribution in [1.82, 2.24) is 14.8 Å². The fourth-order valence-electron chi connectivity index (χ4n) is 2.71. The molecule has 3 rings (SSSR count). The number of hydrogen-bond acceptors (Lipinski definition) is 2. The van der Waals surface area contributed by atoms with Gasteiger partial charge in [-0.05, 0) is 31.9 Å². The van der Waals surface area contributed by atoms with Crippen LogP contribution in [0.5, 0.6) is 0 Å². The van der Waals surface area contributed by atoms with Crippen LogP contribution in [0, 0.1) is 13.8 Å². The van der Waals surface area contributed by atoms with Crippen LogP contribution in [0.3, 0.4) is 0 Å². The zero-order chi connectivity index (χ0) is 14.3. The summed E-state index contributed by atoms with van der Waals surface area (Å²) in [6, 6.07) is 11.9. The highest BCUT2D eigenvalue weighted by Gasteiger charge is 2.16. The van der Waals surface area contributed by atoms with Gasteiger partial charge in [0.2, 0.25) is 5.56 Å². The number of rotatable bonds is 2. The molecule has 0 amide bonds. The van der Waals surface area contributed by atoms with E-state index in [4.69, 9.17) is 0 Å². The standard InChI is InChI=1S/C16H17N3O/c1-10-9-14(20)17-16-15(10)11(2)18-19(16)12(3)13-7-5-4-6-8-13/h4-9,12H,1-3H3,(H,17,20). The molecule has 1 aromatic carbocycles. The number of fused-ring (bicyclic) bond motifs is 1. The normalized spacial score (nSPS) is 12.8. The average Bonchev–Trinajstić information content (AvgIpc) is 2.76. The number of nitrogens with one attached hydrogen (secondary N) is 1. The van der Waals surface area contributed by atoms with Gasteiger partial charge in [-0.1, -0.05) is 30.3 Å². The largest absolute Gasteiger partial charge is 0.307 e. The number of pyridine rings is 1. The van der Waals surface area contributed by atoms with Crippen LogP contribution in [-0.2, 0) is 0 Å². The number of H-pyrrole nitrogens is 1. The number of hydrogen-bond donors (Lipinski definition) is 1. The lowest BCUT2D eigenvalue weighted by atomic mass is 10.1. The van der Waals surface area contributed by atoms with Crippen LogP contribution in [0.25, 0.3) is 11.0 Å². The fourth-order valence-corrected chi connectivity index (χ4v) is 2.71. The van der Waals surface area contributed by atoms with Gasteiger partial charge in [0.1, 0.15) is 5.65 Å². The van der Waals surface area contributed by atoms with Gasteiger partial charge in [-0.25, -0.2) is 4.68 Å². The molecule has 4 heteroatoms. The maximum Gasteiger partial charge on any atom is 0.249 e. The van der Waals surface area contributed by atoms with E-state index in [9.17, 15) is 4.79 Å². The van der Waals surface area contributed by atoms with E-state index in [1.54, 1.807) is 6.07 Å². The predicted octanol–water partition coefficient (Wildman–Crippen LogP) is 2.95. The predicted molar refractivity (Wildman–Crippen MR) is 80.1 cm³/mol. The first-order valence-corrected chi connectivity index (χ1v) is 6.71. The first-order valence-electron chi connectivity index (χ1n) is 6.71. The SMILES string of the molecule is Cc1cc(=O)[nH]c2c1c(C)nn2C(C)c1ccccc1. The lowest BCUT2D eigenvalue weighted by molar-refractivity contribution is 0.574. The summed E-state index contributed by atoms with van der Waals surface area (Å²) in [7, 11) is 0. The Morgan fingerprint density at radius 1 is 1.20 bits per heavy atom. The number of aryl methyl sites for hydroxylation is 2. The van der Waals surface area contributed by atoms with Crippen LogP contribution in [0.4, 0.5) is 0 Å². The molecule has 3 aromatic rings. The van der Waals surface area contributed by atoms with E-state index in [1.807, 2.05) is 36.7 Å². The third-order valence-electron chi connectivity index (χ3n) is 3.72. The summed E-state index contributed by atoms with van der Waals surface area (Å²) in [6.45, 7) is 6.01. The molecular weight excluding hydrogens is 250 g/mol. The third kappa shape index (κ3) is 1.93. The fraction of sp³-hybridized carbons (Fsp3) is 0.250. The van der Waals surface area contributed by atoms with Crippen LogP contribution in [0.15, 0.2) is 41.2 Å². The molecule has 20 heavy (non-hydrogen) atoms. The maximum atomic E-state index is 11.7. The Bertz CT molecular complexity index is 815. The van der Waals surface area contributed by atoms with Crippen molar-refractivity contribution in [1.29, 1.82) is 0 Å².